The van der Waals surface area contributed by atoms with Crippen LogP contribution < -0.4 is 21.1 Å². The van der Waals surface area contributed by atoms with Crippen LogP contribution in [0.5, 0.6) is 11.5 Å². The first-order valence-electron chi connectivity index (χ1n) is 9.54. The van der Waals surface area contributed by atoms with Gasteiger partial charge in [-0.2, -0.15) is 4.39 Å². The van der Waals surface area contributed by atoms with Crippen molar-refractivity contribution in [2.75, 3.05) is 16.4 Å². The minimum atomic E-state index is -1.42. The molecular weight excluding hydrogens is 425 g/mol. The Hall–Kier alpha value is -4.08. The van der Waals surface area contributed by atoms with Gasteiger partial charge < -0.3 is 21.1 Å². The maximum absolute atomic E-state index is 14.6. The van der Waals surface area contributed by atoms with Gasteiger partial charge in [-0.15, -0.1) is 0 Å². The van der Waals surface area contributed by atoms with Crippen LogP contribution in [0, 0.1) is 22.9 Å². The van der Waals surface area contributed by atoms with Crippen molar-refractivity contribution < 1.29 is 27.5 Å². The molecule has 0 bridgehead atoms. The topological polar surface area (TPSA) is 106 Å². The number of ether oxygens (including phenoxy) is 1. The normalized spacial score (nSPS) is 13.8. The molecule has 1 fully saturated rings. The molecular formula is C22H17F3N4O3. The van der Waals surface area contributed by atoms with Crippen LogP contribution in [0.4, 0.5) is 30.4 Å². The van der Waals surface area contributed by atoms with E-state index in [1.807, 2.05) is 0 Å². The third-order valence-corrected chi connectivity index (χ3v) is 5.00. The third-order valence-electron chi connectivity index (χ3n) is 5.00. The van der Waals surface area contributed by atoms with Crippen molar-refractivity contribution >= 4 is 29.0 Å². The lowest BCUT2D eigenvalue weighted by Crippen LogP contribution is -2.35. The van der Waals surface area contributed by atoms with Gasteiger partial charge in [-0.25, -0.2) is 13.8 Å². The zero-order valence-electron chi connectivity index (χ0n) is 16.5. The number of nitrogen functional groups attached to an aromatic ring is 1. The smallest absolute Gasteiger partial charge is 0.240 e. The number of benzene rings is 2. The summed E-state index contributed by atoms with van der Waals surface area (Å²) < 4.78 is 47.3. The number of nitrogens with zero attached hydrogens (tertiary/aromatic N) is 1. The number of halogens is 3. The zero-order valence-corrected chi connectivity index (χ0v) is 16.5. The molecule has 1 aliphatic carbocycles. The van der Waals surface area contributed by atoms with Crippen LogP contribution in [0.2, 0.25) is 0 Å². The van der Waals surface area contributed by atoms with Crippen LogP contribution in [0.3, 0.4) is 0 Å². The number of hydrogen-bond donors (Lipinski definition) is 3. The minimum Gasteiger partial charge on any atom is -0.454 e. The van der Waals surface area contributed by atoms with E-state index in [-0.39, 0.29) is 24.4 Å². The van der Waals surface area contributed by atoms with Gasteiger partial charge in [-0.05, 0) is 55.3 Å². The van der Waals surface area contributed by atoms with Crippen LogP contribution in [0.25, 0.3) is 0 Å². The van der Waals surface area contributed by atoms with Gasteiger partial charge in [-0.3, -0.25) is 9.59 Å². The molecule has 1 saturated carbocycles. The Morgan fingerprint density at radius 1 is 0.938 bits per heavy atom. The molecule has 0 atom stereocenters. The fraction of sp³-hybridized carbons (Fsp3) is 0.136. The zero-order chi connectivity index (χ0) is 22.9. The predicted octanol–water partition coefficient (Wildman–Crippen LogP) is 4.23. The molecule has 10 heteroatoms. The highest BCUT2D eigenvalue weighted by Crippen LogP contribution is 2.47. The van der Waals surface area contributed by atoms with Gasteiger partial charge in [0.05, 0.1) is 5.69 Å². The molecule has 32 heavy (non-hydrogen) atoms. The number of pyridine rings is 1. The first kappa shape index (κ1) is 21.2. The highest BCUT2D eigenvalue weighted by Gasteiger charge is 2.56. The van der Waals surface area contributed by atoms with E-state index in [9.17, 15) is 22.8 Å². The van der Waals surface area contributed by atoms with Gasteiger partial charge in [-0.1, -0.05) is 0 Å². The van der Waals surface area contributed by atoms with E-state index in [1.165, 1.54) is 30.5 Å². The van der Waals surface area contributed by atoms with E-state index in [4.69, 9.17) is 10.5 Å². The predicted molar refractivity (Wildman–Crippen MR) is 110 cm³/mol. The van der Waals surface area contributed by atoms with E-state index >= 15 is 0 Å². The first-order valence-corrected chi connectivity index (χ1v) is 9.54. The number of aromatic nitrogens is 1. The van der Waals surface area contributed by atoms with Crippen molar-refractivity contribution in [2.24, 2.45) is 5.41 Å². The molecule has 4 N–H and O–H groups in total. The fourth-order valence-corrected chi connectivity index (χ4v) is 3.03. The Balaban J connectivity index is 1.47. The number of carbonyl (C=O) groups is 2. The average Bonchev–Trinajstić information content (AvgIpc) is 3.57. The standard InChI is InChI=1S/C22H17F3N4O3/c23-12-1-3-13(4-2-12)28-20(30)22(8-9-22)21(31)29-15-5-6-16(19(25)18(15)24)32-14-7-10-27-17(26)11-14/h1-7,10-11H,8-9H2,(H2,26,27)(H,28,30)(H,29,31). The number of anilines is 3. The summed E-state index contributed by atoms with van der Waals surface area (Å²) >= 11 is 0. The summed E-state index contributed by atoms with van der Waals surface area (Å²) in [6.45, 7) is 0. The van der Waals surface area contributed by atoms with Crippen molar-refractivity contribution in [2.45, 2.75) is 12.8 Å². The molecule has 7 nitrogen and oxygen atoms in total. The number of rotatable bonds is 6. The molecule has 0 saturated heterocycles. The van der Waals surface area contributed by atoms with Gasteiger partial charge in [0, 0.05) is 18.0 Å². The summed E-state index contributed by atoms with van der Waals surface area (Å²) in [6.07, 6.45) is 1.82. The molecule has 164 valence electrons. The Morgan fingerprint density at radius 2 is 1.62 bits per heavy atom. The highest BCUT2D eigenvalue weighted by molar-refractivity contribution is 6.16. The first-order chi connectivity index (χ1) is 15.3. The van der Waals surface area contributed by atoms with E-state index in [1.54, 1.807) is 0 Å². The van der Waals surface area contributed by atoms with Gasteiger partial charge in [0.2, 0.25) is 17.6 Å². The summed E-state index contributed by atoms with van der Waals surface area (Å²) in [5, 5.41) is 4.81. The monoisotopic (exact) mass is 442 g/mol. The quantitative estimate of drug-likeness (QED) is 0.496. The molecule has 1 aliphatic rings. The van der Waals surface area contributed by atoms with Crippen molar-refractivity contribution in [1.29, 1.82) is 0 Å². The molecule has 0 radical (unpaired) electrons. The summed E-state index contributed by atoms with van der Waals surface area (Å²) in [5.74, 6) is -4.64. The van der Waals surface area contributed by atoms with Gasteiger partial charge in [0.15, 0.2) is 11.6 Å². The van der Waals surface area contributed by atoms with Gasteiger partial charge in [0.1, 0.15) is 22.8 Å². The third kappa shape index (κ3) is 4.20. The number of hydrogen-bond acceptors (Lipinski definition) is 5. The lowest BCUT2D eigenvalue weighted by Gasteiger charge is -2.16. The van der Waals surface area contributed by atoms with Crippen LogP contribution in [-0.2, 0) is 9.59 Å². The van der Waals surface area contributed by atoms with E-state index < -0.39 is 46.1 Å². The van der Waals surface area contributed by atoms with Crippen LogP contribution in [0.1, 0.15) is 12.8 Å². The molecule has 2 amide bonds. The molecule has 4 rings (SSSR count). The molecule has 0 unspecified atom stereocenters. The number of carbonyl (C=O) groups excluding carboxylic acids is 2. The van der Waals surface area contributed by atoms with Gasteiger partial charge >= 0.3 is 0 Å². The molecule has 1 aromatic heterocycles. The summed E-state index contributed by atoms with van der Waals surface area (Å²) in [5.41, 5.74) is 3.99. The SMILES string of the molecule is Nc1cc(Oc2ccc(NC(=O)C3(C(=O)Nc4ccc(F)cc4)CC3)c(F)c2F)ccn1. The maximum Gasteiger partial charge on any atom is 0.240 e. The second-order valence-corrected chi connectivity index (χ2v) is 7.25. The Morgan fingerprint density at radius 3 is 2.28 bits per heavy atom. The molecule has 1 heterocycles. The number of nitrogens with one attached hydrogen (secondary N) is 2. The summed E-state index contributed by atoms with van der Waals surface area (Å²) in [6, 6.07) is 10.1. The molecule has 3 aromatic rings. The van der Waals surface area contributed by atoms with Crippen LogP contribution >= 0.6 is 0 Å². The van der Waals surface area contributed by atoms with E-state index in [0.29, 0.717) is 5.69 Å². The maximum atomic E-state index is 14.6. The number of nitrogens with two attached hydrogens (primary N) is 1. The summed E-state index contributed by atoms with van der Waals surface area (Å²) in [4.78, 5) is 29.0. The lowest BCUT2D eigenvalue weighted by atomic mass is 10.0. The lowest BCUT2D eigenvalue weighted by molar-refractivity contribution is -0.131. The highest BCUT2D eigenvalue weighted by atomic mass is 19.2. The number of amides is 2. The van der Waals surface area contributed by atoms with Crippen LogP contribution in [0.15, 0.2) is 54.7 Å². The molecule has 2 aromatic carbocycles. The molecule has 0 aliphatic heterocycles. The van der Waals surface area contributed by atoms with Crippen LogP contribution in [-0.4, -0.2) is 16.8 Å². The Bertz CT molecular complexity index is 1200. The summed E-state index contributed by atoms with van der Waals surface area (Å²) in [7, 11) is 0. The largest absolute Gasteiger partial charge is 0.454 e. The fourth-order valence-electron chi connectivity index (χ4n) is 3.03. The van der Waals surface area contributed by atoms with E-state index in [0.717, 1.165) is 24.3 Å². The van der Waals surface area contributed by atoms with E-state index in [2.05, 4.69) is 15.6 Å². The minimum absolute atomic E-state index is 0.140. The second kappa shape index (κ2) is 8.22. The van der Waals surface area contributed by atoms with Crippen molar-refractivity contribution in [3.05, 3.63) is 72.2 Å². The second-order valence-electron chi connectivity index (χ2n) is 7.25. The van der Waals surface area contributed by atoms with Gasteiger partial charge in [0.25, 0.3) is 0 Å². The van der Waals surface area contributed by atoms with Crippen molar-refractivity contribution in [3.63, 3.8) is 0 Å². The average molecular weight is 442 g/mol. The van der Waals surface area contributed by atoms with Crippen molar-refractivity contribution in [1.82, 2.24) is 4.98 Å². The Kier molecular flexibility index (Phi) is 5.43. The molecule has 0 spiro atoms. The van der Waals surface area contributed by atoms with Crippen molar-refractivity contribution in [3.8, 4) is 11.5 Å². The Labute approximate surface area is 180 Å².